The van der Waals surface area contributed by atoms with Gasteiger partial charge in [0.1, 0.15) is 0 Å². The average Bonchev–Trinajstić information content (AvgIpc) is 2.20. The van der Waals surface area contributed by atoms with Crippen LogP contribution in [0.3, 0.4) is 0 Å². The molecule has 0 unspecified atom stereocenters. The molecule has 1 nitrogen and oxygen atoms in total. The van der Waals surface area contributed by atoms with Gasteiger partial charge in [0.15, 0.2) is 8.32 Å². The maximum atomic E-state index is 6.55. The standard InChI is InChI=1S/C14H30OSi/c1-11-9-14(5,6)10-12(11)15-16(7,8)13(2,3)4/h11-12H,9-10H2,1-8H3/t11-,12-/m1/s1. The van der Waals surface area contributed by atoms with E-state index in [1.54, 1.807) is 0 Å². The number of hydrogen-bond acceptors (Lipinski definition) is 1. The SMILES string of the molecule is C[C@@H]1CC(C)(C)C[C@H]1O[Si](C)(C)C(C)(C)C. The van der Waals surface area contributed by atoms with Crippen molar-refractivity contribution in [1.82, 2.24) is 0 Å². The van der Waals surface area contributed by atoms with Crippen molar-refractivity contribution in [2.75, 3.05) is 0 Å². The van der Waals surface area contributed by atoms with Crippen LogP contribution in [-0.4, -0.2) is 14.4 Å². The van der Waals surface area contributed by atoms with Crippen molar-refractivity contribution in [2.45, 2.75) is 78.6 Å². The molecule has 0 aromatic carbocycles. The van der Waals surface area contributed by atoms with Crippen molar-refractivity contribution < 1.29 is 4.43 Å². The van der Waals surface area contributed by atoms with E-state index in [2.05, 4.69) is 54.6 Å². The summed E-state index contributed by atoms with van der Waals surface area (Å²) in [6, 6.07) is 0. The van der Waals surface area contributed by atoms with Crippen LogP contribution in [0.4, 0.5) is 0 Å². The van der Waals surface area contributed by atoms with Crippen LogP contribution in [-0.2, 0) is 4.43 Å². The van der Waals surface area contributed by atoms with Gasteiger partial charge in [-0.25, -0.2) is 0 Å². The predicted octanol–water partition coefficient (Wildman–Crippen LogP) is 4.83. The Hall–Kier alpha value is 0.177. The van der Waals surface area contributed by atoms with Gasteiger partial charge in [-0.2, -0.15) is 0 Å². The zero-order valence-electron chi connectivity index (χ0n) is 12.5. The average molecular weight is 242 g/mol. The summed E-state index contributed by atoms with van der Waals surface area (Å²) >= 11 is 0. The normalized spacial score (nSPS) is 30.8. The molecule has 96 valence electrons. The van der Waals surface area contributed by atoms with Crippen LogP contribution < -0.4 is 0 Å². The molecule has 0 spiro atoms. The summed E-state index contributed by atoms with van der Waals surface area (Å²) in [6.07, 6.45) is 3.04. The lowest BCUT2D eigenvalue weighted by atomic mass is 9.91. The minimum absolute atomic E-state index is 0.333. The summed E-state index contributed by atoms with van der Waals surface area (Å²) < 4.78 is 6.55. The molecule has 1 saturated carbocycles. The Bertz CT molecular complexity index is 250. The lowest BCUT2D eigenvalue weighted by molar-refractivity contribution is 0.143. The van der Waals surface area contributed by atoms with E-state index in [1.807, 2.05) is 0 Å². The smallest absolute Gasteiger partial charge is 0.192 e. The number of rotatable bonds is 2. The van der Waals surface area contributed by atoms with Gasteiger partial charge in [0, 0.05) is 6.10 Å². The molecule has 0 saturated heterocycles. The van der Waals surface area contributed by atoms with Crippen molar-refractivity contribution in [2.24, 2.45) is 11.3 Å². The molecule has 1 rings (SSSR count). The molecule has 0 N–H and O–H groups in total. The molecule has 2 heteroatoms. The van der Waals surface area contributed by atoms with Crippen LogP contribution in [0.25, 0.3) is 0 Å². The Labute approximate surface area is 103 Å². The molecule has 1 aliphatic rings. The highest BCUT2D eigenvalue weighted by Crippen LogP contribution is 2.46. The highest BCUT2D eigenvalue weighted by molar-refractivity contribution is 6.74. The minimum atomic E-state index is -1.57. The van der Waals surface area contributed by atoms with Gasteiger partial charge in [-0.15, -0.1) is 0 Å². The zero-order valence-corrected chi connectivity index (χ0v) is 13.5. The molecule has 1 aliphatic carbocycles. The van der Waals surface area contributed by atoms with Gasteiger partial charge in [0.05, 0.1) is 0 Å². The summed E-state index contributed by atoms with van der Waals surface area (Å²) in [6.45, 7) is 18.8. The van der Waals surface area contributed by atoms with Crippen molar-refractivity contribution in [3.8, 4) is 0 Å². The van der Waals surface area contributed by atoms with Crippen molar-refractivity contribution in [3.05, 3.63) is 0 Å². The number of hydrogen-bond donors (Lipinski definition) is 0. The van der Waals surface area contributed by atoms with Gasteiger partial charge in [0.25, 0.3) is 0 Å². The van der Waals surface area contributed by atoms with E-state index in [0.29, 0.717) is 16.6 Å². The first-order valence-electron chi connectivity index (χ1n) is 6.62. The van der Waals surface area contributed by atoms with E-state index >= 15 is 0 Å². The Morgan fingerprint density at radius 1 is 1.12 bits per heavy atom. The van der Waals surface area contributed by atoms with Crippen LogP contribution in [0.2, 0.25) is 18.1 Å². The van der Waals surface area contributed by atoms with Crippen LogP contribution in [0.15, 0.2) is 0 Å². The monoisotopic (exact) mass is 242 g/mol. The summed E-state index contributed by atoms with van der Waals surface area (Å²) in [4.78, 5) is 0. The highest BCUT2D eigenvalue weighted by Gasteiger charge is 2.44. The van der Waals surface area contributed by atoms with Gasteiger partial charge >= 0.3 is 0 Å². The van der Waals surface area contributed by atoms with Crippen LogP contribution >= 0.6 is 0 Å². The molecule has 2 atom stereocenters. The molecule has 16 heavy (non-hydrogen) atoms. The summed E-state index contributed by atoms with van der Waals surface area (Å²) in [7, 11) is -1.57. The van der Waals surface area contributed by atoms with Gasteiger partial charge < -0.3 is 4.43 Å². The first kappa shape index (κ1) is 14.2. The van der Waals surface area contributed by atoms with E-state index in [4.69, 9.17) is 4.43 Å². The molecular formula is C14H30OSi. The fraction of sp³-hybridized carbons (Fsp3) is 1.00. The molecule has 0 heterocycles. The Morgan fingerprint density at radius 2 is 1.62 bits per heavy atom. The third-order valence-electron chi connectivity index (χ3n) is 4.52. The maximum Gasteiger partial charge on any atom is 0.192 e. The first-order chi connectivity index (χ1) is 6.95. The molecular weight excluding hydrogens is 212 g/mol. The molecule has 1 fully saturated rings. The maximum absolute atomic E-state index is 6.55. The van der Waals surface area contributed by atoms with Crippen LogP contribution in [0.1, 0.15) is 54.4 Å². The summed E-state index contributed by atoms with van der Waals surface area (Å²) in [5.41, 5.74) is 0.479. The molecule has 0 radical (unpaired) electrons. The van der Waals surface area contributed by atoms with Crippen molar-refractivity contribution in [1.29, 1.82) is 0 Å². The van der Waals surface area contributed by atoms with E-state index < -0.39 is 8.32 Å². The van der Waals surface area contributed by atoms with Crippen LogP contribution in [0.5, 0.6) is 0 Å². The van der Waals surface area contributed by atoms with Gasteiger partial charge in [-0.05, 0) is 42.3 Å². The van der Waals surface area contributed by atoms with Crippen molar-refractivity contribution >= 4 is 8.32 Å². The largest absolute Gasteiger partial charge is 0.414 e. The second-order valence-electron chi connectivity index (χ2n) is 7.97. The first-order valence-corrected chi connectivity index (χ1v) is 9.53. The Balaban J connectivity index is 2.69. The lowest BCUT2D eigenvalue weighted by Gasteiger charge is -2.39. The van der Waals surface area contributed by atoms with E-state index in [0.717, 1.165) is 5.92 Å². The van der Waals surface area contributed by atoms with E-state index in [1.165, 1.54) is 12.8 Å². The van der Waals surface area contributed by atoms with Gasteiger partial charge in [-0.1, -0.05) is 41.5 Å². The zero-order chi connectivity index (χ0) is 12.8. The summed E-state index contributed by atoms with van der Waals surface area (Å²) in [5.74, 6) is 0.726. The molecule has 0 amide bonds. The van der Waals surface area contributed by atoms with Gasteiger partial charge in [-0.3, -0.25) is 0 Å². The van der Waals surface area contributed by atoms with Crippen LogP contribution in [0, 0.1) is 11.3 Å². The third-order valence-corrected chi connectivity index (χ3v) is 9.02. The topological polar surface area (TPSA) is 9.23 Å². The molecule has 0 aromatic heterocycles. The second-order valence-corrected chi connectivity index (χ2v) is 12.7. The van der Waals surface area contributed by atoms with E-state index in [-0.39, 0.29) is 0 Å². The molecule has 0 aliphatic heterocycles. The second kappa shape index (κ2) is 4.13. The molecule has 0 bridgehead atoms. The minimum Gasteiger partial charge on any atom is -0.414 e. The third kappa shape index (κ3) is 3.10. The Kier molecular flexibility index (Phi) is 3.68. The molecule has 0 aromatic rings. The predicted molar refractivity (Wildman–Crippen MR) is 74.2 cm³/mol. The fourth-order valence-corrected chi connectivity index (χ4v) is 3.97. The summed E-state index contributed by atoms with van der Waals surface area (Å²) in [5, 5.41) is 0.333. The highest BCUT2D eigenvalue weighted by atomic mass is 28.4. The van der Waals surface area contributed by atoms with Crippen molar-refractivity contribution in [3.63, 3.8) is 0 Å². The Morgan fingerprint density at radius 3 is 1.94 bits per heavy atom. The van der Waals surface area contributed by atoms with Gasteiger partial charge in [0.2, 0.25) is 0 Å². The fourth-order valence-electron chi connectivity index (χ4n) is 2.55. The lowest BCUT2D eigenvalue weighted by Crippen LogP contribution is -2.44. The quantitative estimate of drug-likeness (QED) is 0.630. The van der Waals surface area contributed by atoms with E-state index in [9.17, 15) is 0 Å².